The molecule has 6 nitrogen and oxygen atoms in total. The normalized spacial score (nSPS) is 16.2. The highest BCUT2D eigenvalue weighted by Gasteiger charge is 2.26. The molecule has 2 rings (SSSR count). The number of carbonyl (C=O) groups excluding carboxylic acids is 2. The minimum atomic E-state index is -0.244. The second-order valence-electron chi connectivity index (χ2n) is 7.45. The van der Waals surface area contributed by atoms with Crippen LogP contribution in [0.4, 0.5) is 4.39 Å². The van der Waals surface area contributed by atoms with Gasteiger partial charge >= 0.3 is 0 Å². The molecule has 1 aromatic carbocycles. The molecular weight excluding hydrogens is 347 g/mol. The van der Waals surface area contributed by atoms with Gasteiger partial charge in [0.25, 0.3) is 11.8 Å². The van der Waals surface area contributed by atoms with Crippen molar-refractivity contribution in [2.45, 2.75) is 26.3 Å². The summed E-state index contributed by atoms with van der Waals surface area (Å²) in [7, 11) is 1.98. The molecule has 1 aromatic rings. The maximum atomic E-state index is 13.0. The van der Waals surface area contributed by atoms with E-state index in [1.165, 1.54) is 17.0 Å². The number of hydrogen-bond acceptors (Lipinski definition) is 2. The van der Waals surface area contributed by atoms with Gasteiger partial charge in [-0.3, -0.25) is 9.59 Å². The molecule has 150 valence electrons. The smallest absolute Gasteiger partial charge is 0.278 e. The molecule has 3 N–H and O–H groups in total. The summed E-state index contributed by atoms with van der Waals surface area (Å²) in [6.45, 7) is 7.46. The number of carbonyl (C=O) groups is 2. The monoisotopic (exact) mass is 380 g/mol. The first-order chi connectivity index (χ1) is 13.0. The first kappa shape index (κ1) is 21.3. The molecule has 1 saturated heterocycles. The van der Waals surface area contributed by atoms with Gasteiger partial charge in [-0.25, -0.2) is 4.39 Å². The van der Waals surface area contributed by atoms with Crippen LogP contribution in [0, 0.1) is 5.82 Å². The Kier molecular flexibility index (Phi) is 8.67. The molecule has 1 atom stereocenters. The van der Waals surface area contributed by atoms with E-state index in [-0.39, 0.29) is 17.6 Å². The van der Waals surface area contributed by atoms with Gasteiger partial charge in [-0.2, -0.15) is 0 Å². The lowest BCUT2D eigenvalue weighted by Gasteiger charge is -2.32. The predicted molar refractivity (Wildman–Crippen MR) is 102 cm³/mol. The van der Waals surface area contributed by atoms with E-state index in [0.29, 0.717) is 32.7 Å². The number of rotatable bonds is 9. The summed E-state index contributed by atoms with van der Waals surface area (Å²) in [5.74, 6) is -0.00495. The number of quaternary nitrogens is 2. The maximum Gasteiger partial charge on any atom is 0.278 e. The van der Waals surface area contributed by atoms with E-state index in [0.717, 1.165) is 42.9 Å². The second-order valence-corrected chi connectivity index (χ2v) is 7.45. The van der Waals surface area contributed by atoms with E-state index >= 15 is 0 Å². The summed E-state index contributed by atoms with van der Waals surface area (Å²) in [5.41, 5.74) is 1.02. The number of likely N-dealkylation sites (N-methyl/N-ethyl adjacent to an activating group) is 1. The second kappa shape index (κ2) is 11.0. The Bertz CT molecular complexity index is 601. The first-order valence-electron chi connectivity index (χ1n) is 9.91. The van der Waals surface area contributed by atoms with Gasteiger partial charge in [-0.1, -0.05) is 25.5 Å². The number of nitrogens with one attached hydrogen (secondary N) is 3. The van der Waals surface area contributed by atoms with Crippen LogP contribution in [-0.2, 0) is 16.1 Å². The number of benzene rings is 1. The number of piperazine rings is 1. The van der Waals surface area contributed by atoms with Crippen LogP contribution in [0.2, 0.25) is 0 Å². The summed E-state index contributed by atoms with van der Waals surface area (Å²) < 4.78 is 13.0. The molecule has 0 aromatic heterocycles. The number of amides is 2. The molecule has 7 heteroatoms. The zero-order valence-corrected chi connectivity index (χ0v) is 16.5. The van der Waals surface area contributed by atoms with Crippen molar-refractivity contribution in [2.75, 3.05) is 52.9 Å². The van der Waals surface area contributed by atoms with Crippen LogP contribution in [0.15, 0.2) is 24.3 Å². The summed E-state index contributed by atoms with van der Waals surface area (Å²) in [5, 5.41) is 2.95. The Morgan fingerprint density at radius 2 is 1.89 bits per heavy atom. The van der Waals surface area contributed by atoms with Crippen molar-refractivity contribution in [1.29, 1.82) is 0 Å². The predicted octanol–water partition coefficient (Wildman–Crippen LogP) is -1.52. The molecule has 0 saturated carbocycles. The average molecular weight is 381 g/mol. The van der Waals surface area contributed by atoms with Crippen molar-refractivity contribution >= 4 is 11.8 Å². The summed E-state index contributed by atoms with van der Waals surface area (Å²) >= 11 is 0. The van der Waals surface area contributed by atoms with Crippen LogP contribution in [-0.4, -0.2) is 69.6 Å². The standard InChI is InChI=1S/C20H31FN4O2/c1-3-4-9-22-19(26)15-24-10-12-25(13-11-24)20(27)16-23(2)14-17-5-7-18(21)8-6-17/h5-8H,3-4,9-16H2,1-2H3,(H,22,26)/p+2. The number of unbranched alkanes of at least 4 members (excludes halogenated alkanes) is 1. The van der Waals surface area contributed by atoms with Crippen molar-refractivity contribution in [3.05, 3.63) is 35.6 Å². The van der Waals surface area contributed by atoms with E-state index < -0.39 is 0 Å². The van der Waals surface area contributed by atoms with Gasteiger partial charge in [-0.15, -0.1) is 0 Å². The van der Waals surface area contributed by atoms with E-state index in [4.69, 9.17) is 0 Å². The Hall–Kier alpha value is -1.99. The van der Waals surface area contributed by atoms with Crippen LogP contribution >= 0.6 is 0 Å². The Labute approximate surface area is 161 Å². The maximum absolute atomic E-state index is 13.0. The van der Waals surface area contributed by atoms with Gasteiger partial charge < -0.3 is 20.0 Å². The van der Waals surface area contributed by atoms with Crippen molar-refractivity contribution in [1.82, 2.24) is 10.2 Å². The minimum Gasteiger partial charge on any atom is -0.351 e. The van der Waals surface area contributed by atoms with Crippen LogP contribution in [0.3, 0.4) is 0 Å². The summed E-state index contributed by atoms with van der Waals surface area (Å²) in [6, 6.07) is 6.42. The van der Waals surface area contributed by atoms with Crippen LogP contribution in [0.1, 0.15) is 25.3 Å². The lowest BCUT2D eigenvalue weighted by atomic mass is 10.2. The Balaban J connectivity index is 1.68. The topological polar surface area (TPSA) is 58.3 Å². The third-order valence-corrected chi connectivity index (χ3v) is 4.96. The third-order valence-electron chi connectivity index (χ3n) is 4.96. The van der Waals surface area contributed by atoms with Crippen molar-refractivity contribution < 1.29 is 23.8 Å². The molecule has 1 aliphatic heterocycles. The summed E-state index contributed by atoms with van der Waals surface area (Å²) in [4.78, 5) is 28.6. The largest absolute Gasteiger partial charge is 0.351 e. The lowest BCUT2D eigenvalue weighted by molar-refractivity contribution is -0.897. The fourth-order valence-electron chi connectivity index (χ4n) is 3.33. The fourth-order valence-corrected chi connectivity index (χ4v) is 3.33. The SMILES string of the molecule is CCCCNC(=O)C[NH+]1CCN(C(=O)C[NH+](C)Cc2ccc(F)cc2)CC1. The van der Waals surface area contributed by atoms with Gasteiger partial charge in [0.2, 0.25) is 0 Å². The molecule has 2 amide bonds. The number of nitrogens with zero attached hydrogens (tertiary/aromatic N) is 1. The van der Waals surface area contributed by atoms with Gasteiger partial charge in [0.05, 0.1) is 33.2 Å². The van der Waals surface area contributed by atoms with Crippen molar-refractivity contribution in [3.8, 4) is 0 Å². The fraction of sp³-hybridized carbons (Fsp3) is 0.600. The first-order valence-corrected chi connectivity index (χ1v) is 9.91. The molecule has 1 unspecified atom stereocenters. The lowest BCUT2D eigenvalue weighted by Crippen LogP contribution is -3.16. The summed E-state index contributed by atoms with van der Waals surface area (Å²) in [6.07, 6.45) is 2.09. The van der Waals surface area contributed by atoms with E-state index in [9.17, 15) is 14.0 Å². The van der Waals surface area contributed by atoms with Crippen LogP contribution in [0.5, 0.6) is 0 Å². The number of hydrogen-bond donors (Lipinski definition) is 3. The molecule has 1 aliphatic rings. The van der Waals surface area contributed by atoms with Crippen LogP contribution in [0.25, 0.3) is 0 Å². The zero-order chi connectivity index (χ0) is 19.6. The van der Waals surface area contributed by atoms with Crippen LogP contribution < -0.4 is 15.1 Å². The zero-order valence-electron chi connectivity index (χ0n) is 16.5. The minimum absolute atomic E-state index is 0.0988. The highest BCUT2D eigenvalue weighted by molar-refractivity contribution is 5.77. The average Bonchev–Trinajstić information content (AvgIpc) is 2.64. The highest BCUT2D eigenvalue weighted by Crippen LogP contribution is 2.00. The Morgan fingerprint density at radius 1 is 1.22 bits per heavy atom. The number of halogens is 1. The van der Waals surface area contributed by atoms with Crippen molar-refractivity contribution in [3.63, 3.8) is 0 Å². The van der Waals surface area contributed by atoms with Gasteiger partial charge in [0, 0.05) is 12.1 Å². The molecule has 1 fully saturated rings. The quantitative estimate of drug-likeness (QED) is 0.456. The highest BCUT2D eigenvalue weighted by atomic mass is 19.1. The molecule has 0 aliphatic carbocycles. The third kappa shape index (κ3) is 7.64. The molecule has 0 spiro atoms. The molecule has 1 heterocycles. The Morgan fingerprint density at radius 3 is 2.52 bits per heavy atom. The van der Waals surface area contributed by atoms with E-state index in [1.807, 2.05) is 11.9 Å². The molecule has 27 heavy (non-hydrogen) atoms. The van der Waals surface area contributed by atoms with Gasteiger partial charge in [-0.05, 0) is 18.6 Å². The van der Waals surface area contributed by atoms with Crippen molar-refractivity contribution in [2.24, 2.45) is 0 Å². The van der Waals surface area contributed by atoms with E-state index in [1.54, 1.807) is 12.1 Å². The van der Waals surface area contributed by atoms with E-state index in [2.05, 4.69) is 12.2 Å². The van der Waals surface area contributed by atoms with Gasteiger partial charge in [0.1, 0.15) is 12.4 Å². The van der Waals surface area contributed by atoms with Gasteiger partial charge in [0.15, 0.2) is 13.1 Å². The molecule has 0 radical (unpaired) electrons. The molecular formula is C20H33FN4O2+2. The molecule has 0 bridgehead atoms.